The minimum Gasteiger partial charge on any atom is -0.354 e. The molecule has 4 heteroatoms. The molecule has 1 amide bonds. The Morgan fingerprint density at radius 2 is 2.24 bits per heavy atom. The van der Waals surface area contributed by atoms with Gasteiger partial charge in [-0.15, -0.1) is 0 Å². The molecule has 100 valence electrons. The van der Waals surface area contributed by atoms with Gasteiger partial charge in [0, 0.05) is 31.6 Å². The van der Waals surface area contributed by atoms with E-state index in [1.165, 1.54) is 19.4 Å². The fraction of sp³-hybridized carbons (Fsp3) is 0.923. The maximum atomic E-state index is 11.6. The van der Waals surface area contributed by atoms with Crippen molar-refractivity contribution in [2.75, 3.05) is 26.2 Å². The predicted molar refractivity (Wildman–Crippen MR) is 71.0 cm³/mol. The van der Waals surface area contributed by atoms with Gasteiger partial charge in [-0.25, -0.2) is 0 Å². The number of carbonyl (C=O) groups excluding carboxylic acids is 1. The monoisotopic (exact) mass is 241 g/mol. The summed E-state index contributed by atoms with van der Waals surface area (Å²) in [5.74, 6) is 0.168. The van der Waals surface area contributed by atoms with E-state index in [1.807, 2.05) is 0 Å². The maximum Gasteiger partial charge on any atom is 0.221 e. The molecule has 1 saturated heterocycles. The van der Waals surface area contributed by atoms with Crippen LogP contribution in [0, 0.1) is 0 Å². The van der Waals surface area contributed by atoms with Gasteiger partial charge in [0.25, 0.3) is 0 Å². The van der Waals surface area contributed by atoms with E-state index in [4.69, 9.17) is 0 Å². The molecule has 1 aliphatic rings. The lowest BCUT2D eigenvalue weighted by Gasteiger charge is -2.22. The molecule has 0 aliphatic carbocycles. The first-order valence-electron chi connectivity index (χ1n) is 6.87. The number of likely N-dealkylation sites (N-methyl/N-ethyl adjacent to an activating group) is 1. The van der Waals surface area contributed by atoms with Crippen molar-refractivity contribution < 1.29 is 4.79 Å². The van der Waals surface area contributed by atoms with Gasteiger partial charge >= 0.3 is 0 Å². The van der Waals surface area contributed by atoms with E-state index in [-0.39, 0.29) is 5.91 Å². The van der Waals surface area contributed by atoms with Gasteiger partial charge in [-0.1, -0.05) is 20.8 Å². The van der Waals surface area contributed by atoms with Crippen molar-refractivity contribution in [2.45, 2.75) is 52.1 Å². The summed E-state index contributed by atoms with van der Waals surface area (Å²) in [4.78, 5) is 14.1. The zero-order valence-electron chi connectivity index (χ0n) is 11.5. The highest BCUT2D eigenvalue weighted by Crippen LogP contribution is 2.15. The van der Waals surface area contributed by atoms with Gasteiger partial charge in [-0.3, -0.25) is 9.69 Å². The van der Waals surface area contributed by atoms with Crippen LogP contribution in [0.15, 0.2) is 0 Å². The number of likely N-dealkylation sites (tertiary alicyclic amines) is 1. The third-order valence-electron chi connectivity index (χ3n) is 3.34. The normalized spacial score (nSPS) is 21.1. The van der Waals surface area contributed by atoms with Crippen molar-refractivity contribution in [2.24, 2.45) is 0 Å². The number of hydrogen-bond donors (Lipinski definition) is 2. The van der Waals surface area contributed by atoms with Crippen LogP contribution in [-0.4, -0.2) is 49.1 Å². The van der Waals surface area contributed by atoms with Crippen LogP contribution in [0.4, 0.5) is 0 Å². The Hall–Kier alpha value is -0.610. The second kappa shape index (κ2) is 7.67. The molecule has 0 aromatic rings. The van der Waals surface area contributed by atoms with E-state index in [2.05, 4.69) is 36.3 Å². The van der Waals surface area contributed by atoms with Gasteiger partial charge in [0.1, 0.15) is 0 Å². The van der Waals surface area contributed by atoms with Crippen LogP contribution in [0.25, 0.3) is 0 Å². The molecule has 1 unspecified atom stereocenters. The first kappa shape index (κ1) is 14.5. The molecule has 0 radical (unpaired) electrons. The molecule has 1 fully saturated rings. The van der Waals surface area contributed by atoms with Gasteiger partial charge in [0.2, 0.25) is 5.91 Å². The number of nitrogens with one attached hydrogen (secondary N) is 2. The summed E-state index contributed by atoms with van der Waals surface area (Å²) in [6.45, 7) is 10.2. The molecule has 0 saturated carbocycles. The van der Waals surface area contributed by atoms with E-state index in [0.29, 0.717) is 18.5 Å². The van der Waals surface area contributed by atoms with Crippen LogP contribution in [-0.2, 0) is 4.79 Å². The van der Waals surface area contributed by atoms with Crippen LogP contribution in [0.2, 0.25) is 0 Å². The first-order chi connectivity index (χ1) is 8.13. The topological polar surface area (TPSA) is 44.4 Å². The average molecular weight is 241 g/mol. The summed E-state index contributed by atoms with van der Waals surface area (Å²) in [5.41, 5.74) is 0. The molecule has 0 aromatic heterocycles. The number of hydrogen-bond acceptors (Lipinski definition) is 3. The molecule has 0 bridgehead atoms. The van der Waals surface area contributed by atoms with Crippen molar-refractivity contribution in [1.82, 2.24) is 15.5 Å². The van der Waals surface area contributed by atoms with Crippen LogP contribution in [0.1, 0.15) is 40.0 Å². The summed E-state index contributed by atoms with van der Waals surface area (Å²) in [6.07, 6.45) is 3.07. The van der Waals surface area contributed by atoms with Crippen molar-refractivity contribution in [3.63, 3.8) is 0 Å². The van der Waals surface area contributed by atoms with Crippen molar-refractivity contribution >= 4 is 5.91 Å². The molecule has 4 nitrogen and oxygen atoms in total. The maximum absolute atomic E-state index is 11.6. The summed E-state index contributed by atoms with van der Waals surface area (Å²) in [7, 11) is 0. The van der Waals surface area contributed by atoms with E-state index >= 15 is 0 Å². The van der Waals surface area contributed by atoms with E-state index < -0.39 is 0 Å². The molecular formula is C13H27N3O. The highest BCUT2D eigenvalue weighted by atomic mass is 16.1. The minimum atomic E-state index is 0.168. The van der Waals surface area contributed by atoms with E-state index in [1.54, 1.807) is 0 Å². The summed E-state index contributed by atoms with van der Waals surface area (Å²) < 4.78 is 0. The lowest BCUT2D eigenvalue weighted by Crippen LogP contribution is -2.40. The Labute approximate surface area is 105 Å². The lowest BCUT2D eigenvalue weighted by molar-refractivity contribution is -0.121. The SMILES string of the molecule is CCN1CCCC1CNC(=O)CCNC(C)C. The highest BCUT2D eigenvalue weighted by Gasteiger charge is 2.22. The predicted octanol–water partition coefficient (Wildman–Crippen LogP) is 0.975. The molecule has 1 atom stereocenters. The number of carbonyl (C=O) groups is 1. The van der Waals surface area contributed by atoms with Crippen LogP contribution in [0.3, 0.4) is 0 Å². The Morgan fingerprint density at radius 1 is 1.47 bits per heavy atom. The molecule has 0 aromatic carbocycles. The zero-order valence-corrected chi connectivity index (χ0v) is 11.5. The van der Waals surface area contributed by atoms with Crippen molar-refractivity contribution in [3.8, 4) is 0 Å². The molecule has 1 heterocycles. The van der Waals surface area contributed by atoms with E-state index in [9.17, 15) is 4.79 Å². The smallest absolute Gasteiger partial charge is 0.221 e. The molecule has 1 rings (SSSR count). The molecule has 1 aliphatic heterocycles. The van der Waals surface area contributed by atoms with Gasteiger partial charge < -0.3 is 10.6 Å². The quantitative estimate of drug-likeness (QED) is 0.698. The molecule has 17 heavy (non-hydrogen) atoms. The first-order valence-corrected chi connectivity index (χ1v) is 6.87. The van der Waals surface area contributed by atoms with Crippen LogP contribution >= 0.6 is 0 Å². The third kappa shape index (κ3) is 5.50. The largest absolute Gasteiger partial charge is 0.354 e. The summed E-state index contributed by atoms with van der Waals surface area (Å²) >= 11 is 0. The van der Waals surface area contributed by atoms with E-state index in [0.717, 1.165) is 19.6 Å². The fourth-order valence-corrected chi connectivity index (χ4v) is 2.34. The van der Waals surface area contributed by atoms with Gasteiger partial charge in [-0.05, 0) is 25.9 Å². The van der Waals surface area contributed by atoms with Crippen molar-refractivity contribution in [3.05, 3.63) is 0 Å². The molecular weight excluding hydrogens is 214 g/mol. The Bertz CT molecular complexity index is 231. The number of rotatable bonds is 7. The lowest BCUT2D eigenvalue weighted by atomic mass is 10.2. The molecule has 0 spiro atoms. The molecule has 2 N–H and O–H groups in total. The van der Waals surface area contributed by atoms with Gasteiger partial charge in [0.05, 0.1) is 0 Å². The Kier molecular flexibility index (Phi) is 6.52. The third-order valence-corrected chi connectivity index (χ3v) is 3.34. The van der Waals surface area contributed by atoms with Crippen LogP contribution < -0.4 is 10.6 Å². The summed E-state index contributed by atoms with van der Waals surface area (Å²) in [6, 6.07) is 1.01. The number of nitrogens with zero attached hydrogens (tertiary/aromatic N) is 1. The standard InChI is InChI=1S/C13H27N3O/c1-4-16-9-5-6-12(16)10-15-13(17)7-8-14-11(2)3/h11-12,14H,4-10H2,1-3H3,(H,15,17). The number of amides is 1. The second-order valence-corrected chi connectivity index (χ2v) is 5.09. The summed E-state index contributed by atoms with van der Waals surface area (Å²) in [5, 5.41) is 6.30. The zero-order chi connectivity index (χ0) is 12.7. The van der Waals surface area contributed by atoms with Gasteiger partial charge in [-0.2, -0.15) is 0 Å². The Morgan fingerprint density at radius 3 is 2.88 bits per heavy atom. The van der Waals surface area contributed by atoms with Crippen LogP contribution in [0.5, 0.6) is 0 Å². The minimum absolute atomic E-state index is 0.168. The van der Waals surface area contributed by atoms with Crippen molar-refractivity contribution in [1.29, 1.82) is 0 Å². The van der Waals surface area contributed by atoms with Gasteiger partial charge in [0.15, 0.2) is 0 Å². The Balaban J connectivity index is 2.10. The fourth-order valence-electron chi connectivity index (χ4n) is 2.34. The average Bonchev–Trinajstić information content (AvgIpc) is 2.73. The highest BCUT2D eigenvalue weighted by molar-refractivity contribution is 5.76. The second-order valence-electron chi connectivity index (χ2n) is 5.09.